The highest BCUT2D eigenvalue weighted by Crippen LogP contribution is 2.25. The summed E-state index contributed by atoms with van der Waals surface area (Å²) in [5.41, 5.74) is 0.554. The molecule has 3 aromatic rings. The summed E-state index contributed by atoms with van der Waals surface area (Å²) in [5, 5.41) is 21.5. The Morgan fingerprint density at radius 1 is 1.15 bits per heavy atom. The Morgan fingerprint density at radius 3 is 2.45 bits per heavy atom. The summed E-state index contributed by atoms with van der Waals surface area (Å²) >= 11 is 12.2. The third kappa shape index (κ3) is 6.54. The molecule has 33 heavy (non-hydrogen) atoms. The molecule has 0 spiro atoms. The van der Waals surface area contributed by atoms with Gasteiger partial charge in [-0.15, -0.1) is 10.2 Å². The van der Waals surface area contributed by atoms with E-state index in [0.717, 1.165) is 23.0 Å². The van der Waals surface area contributed by atoms with E-state index >= 15 is 0 Å². The minimum Gasteiger partial charge on any atom is -0.481 e. The van der Waals surface area contributed by atoms with Crippen molar-refractivity contribution in [3.8, 4) is 0 Å². The maximum absolute atomic E-state index is 13.4. The lowest BCUT2D eigenvalue weighted by Gasteiger charge is -2.15. The van der Waals surface area contributed by atoms with Crippen molar-refractivity contribution < 1.29 is 27.5 Å². The molecule has 0 aliphatic rings. The number of Topliss-reactive ketones (excluding diaryl/α,β-unsaturated/α-hetero) is 1. The summed E-state index contributed by atoms with van der Waals surface area (Å²) in [6, 6.07) is 7.37. The molecule has 174 valence electrons. The third-order valence-corrected chi connectivity index (χ3v) is 6.54. The van der Waals surface area contributed by atoms with Gasteiger partial charge in [-0.25, -0.2) is 12.8 Å². The highest BCUT2D eigenvalue weighted by Gasteiger charge is 2.29. The number of sulfonamides is 1. The van der Waals surface area contributed by atoms with E-state index in [0.29, 0.717) is 15.6 Å². The third-order valence-electron chi connectivity index (χ3n) is 4.36. The predicted octanol–water partition coefficient (Wildman–Crippen LogP) is 2.10. The van der Waals surface area contributed by atoms with Crippen LogP contribution in [-0.2, 0) is 32.6 Å². The number of nitrogens with one attached hydrogen (secondary N) is 1. The number of aliphatic carboxylic acids is 1. The number of carboxylic acid groups (broad SMARTS) is 1. The van der Waals surface area contributed by atoms with E-state index in [9.17, 15) is 22.4 Å². The monoisotopic (exact) mass is 515 g/mol. The minimum atomic E-state index is -4.38. The van der Waals surface area contributed by atoms with Gasteiger partial charge in [0.1, 0.15) is 12.4 Å². The quantitative estimate of drug-likeness (QED) is 0.417. The normalized spacial score (nSPS) is 12.5. The van der Waals surface area contributed by atoms with Gasteiger partial charge in [-0.1, -0.05) is 35.3 Å². The van der Waals surface area contributed by atoms with Gasteiger partial charge in [-0.2, -0.15) is 9.52 Å². The zero-order valence-electron chi connectivity index (χ0n) is 16.7. The first-order chi connectivity index (χ1) is 15.5. The van der Waals surface area contributed by atoms with Gasteiger partial charge in [0.05, 0.1) is 17.4 Å². The van der Waals surface area contributed by atoms with E-state index in [1.807, 2.05) is 4.72 Å². The summed E-state index contributed by atoms with van der Waals surface area (Å²) in [4.78, 5) is 24.3. The Labute approximate surface area is 197 Å². The lowest BCUT2D eigenvalue weighted by Crippen LogP contribution is -2.43. The Kier molecular flexibility index (Phi) is 7.74. The topological polar surface area (TPSA) is 144 Å². The number of hydrogen-bond donors (Lipinski definition) is 2. The van der Waals surface area contributed by atoms with Crippen LogP contribution in [0.1, 0.15) is 17.8 Å². The fourth-order valence-electron chi connectivity index (χ4n) is 2.81. The average Bonchev–Trinajstić information content (AvgIpc) is 3.17. The van der Waals surface area contributed by atoms with Crippen LogP contribution in [-0.4, -0.2) is 51.5 Å². The van der Waals surface area contributed by atoms with Gasteiger partial charge < -0.3 is 5.11 Å². The van der Waals surface area contributed by atoms with Crippen LogP contribution in [0.5, 0.6) is 0 Å². The lowest BCUT2D eigenvalue weighted by molar-refractivity contribution is -0.139. The number of ketones is 1. The van der Waals surface area contributed by atoms with Crippen molar-refractivity contribution in [2.45, 2.75) is 30.3 Å². The molecule has 2 aromatic carbocycles. The van der Waals surface area contributed by atoms with Gasteiger partial charge in [0.2, 0.25) is 10.0 Å². The second-order valence-electron chi connectivity index (χ2n) is 6.81. The van der Waals surface area contributed by atoms with Gasteiger partial charge in [-0.3, -0.25) is 9.59 Å². The van der Waals surface area contributed by atoms with E-state index in [1.54, 1.807) is 18.2 Å². The van der Waals surface area contributed by atoms with Crippen molar-refractivity contribution in [1.82, 2.24) is 24.9 Å². The van der Waals surface area contributed by atoms with E-state index in [1.165, 1.54) is 6.07 Å². The molecule has 0 saturated heterocycles. The smallest absolute Gasteiger partial charge is 0.305 e. The molecule has 1 heterocycles. The van der Waals surface area contributed by atoms with Crippen LogP contribution in [0.25, 0.3) is 0 Å². The van der Waals surface area contributed by atoms with E-state index < -0.39 is 51.5 Å². The van der Waals surface area contributed by atoms with Crippen LogP contribution in [0.2, 0.25) is 10.0 Å². The molecular weight excluding hydrogens is 500 g/mol. The van der Waals surface area contributed by atoms with Gasteiger partial charge in [-0.05, 0) is 41.1 Å². The maximum Gasteiger partial charge on any atom is 0.305 e. The van der Waals surface area contributed by atoms with Crippen molar-refractivity contribution in [2.24, 2.45) is 0 Å². The highest BCUT2D eigenvalue weighted by molar-refractivity contribution is 7.89. The Balaban J connectivity index is 1.75. The zero-order valence-corrected chi connectivity index (χ0v) is 19.0. The Hall–Kier alpha value is -2.93. The SMILES string of the molecule is O=C(O)CC(NS(=O)(=O)c1cccc(F)c1)C(=O)Cn1nnc(Cc2c(Cl)cccc2Cl)n1. The van der Waals surface area contributed by atoms with Crippen LogP contribution in [0, 0.1) is 5.82 Å². The molecular formula is C19H16Cl2FN5O5S. The van der Waals surface area contributed by atoms with Gasteiger partial charge in [0, 0.05) is 16.5 Å². The van der Waals surface area contributed by atoms with E-state index in [-0.39, 0.29) is 12.2 Å². The number of carbonyl (C=O) groups excluding carboxylic acids is 1. The molecule has 1 aromatic heterocycles. The number of carboxylic acids is 1. The number of carbonyl (C=O) groups is 2. The number of rotatable bonds is 10. The predicted molar refractivity (Wildman–Crippen MR) is 115 cm³/mol. The molecule has 0 radical (unpaired) electrons. The molecule has 0 amide bonds. The van der Waals surface area contributed by atoms with Crippen molar-refractivity contribution in [3.63, 3.8) is 0 Å². The Morgan fingerprint density at radius 2 is 1.82 bits per heavy atom. The molecule has 2 N–H and O–H groups in total. The van der Waals surface area contributed by atoms with Crippen LogP contribution in [0.4, 0.5) is 4.39 Å². The molecule has 14 heteroatoms. The molecule has 10 nitrogen and oxygen atoms in total. The summed E-state index contributed by atoms with van der Waals surface area (Å²) in [6.45, 7) is -0.563. The van der Waals surface area contributed by atoms with Crippen molar-refractivity contribution in [2.75, 3.05) is 0 Å². The van der Waals surface area contributed by atoms with Gasteiger partial charge in [0.25, 0.3) is 0 Å². The Bertz CT molecular complexity index is 1280. The molecule has 0 aliphatic carbocycles. The van der Waals surface area contributed by atoms with Crippen LogP contribution in [0.3, 0.4) is 0 Å². The fraction of sp³-hybridized carbons (Fsp3) is 0.211. The average molecular weight is 516 g/mol. The molecule has 1 unspecified atom stereocenters. The highest BCUT2D eigenvalue weighted by atomic mass is 35.5. The standard InChI is InChI=1S/C19H16Cl2FN5O5S/c20-14-5-2-6-15(21)13(14)8-18-23-26-27(24-18)10-17(28)16(9-19(29)30)25-33(31,32)12-4-1-3-11(22)7-12/h1-7,16,25H,8-10H2,(H,29,30). The number of tetrazole rings is 1. The number of hydrogen-bond acceptors (Lipinski definition) is 7. The fourth-order valence-corrected chi connectivity index (χ4v) is 4.59. The number of aromatic nitrogens is 4. The largest absolute Gasteiger partial charge is 0.481 e. The summed E-state index contributed by atoms with van der Waals surface area (Å²) in [6.07, 6.45) is -0.721. The van der Waals surface area contributed by atoms with E-state index in [4.69, 9.17) is 28.3 Å². The van der Waals surface area contributed by atoms with Gasteiger partial charge >= 0.3 is 5.97 Å². The number of nitrogens with zero attached hydrogens (tertiary/aromatic N) is 4. The van der Waals surface area contributed by atoms with Crippen LogP contribution < -0.4 is 4.72 Å². The summed E-state index contributed by atoms with van der Waals surface area (Å²) < 4.78 is 40.4. The summed E-state index contributed by atoms with van der Waals surface area (Å²) in [5.74, 6) is -2.88. The first-order valence-electron chi connectivity index (χ1n) is 9.27. The molecule has 0 fully saturated rings. The number of halogens is 3. The first kappa shape index (κ1) is 24.7. The number of benzene rings is 2. The molecule has 0 aliphatic heterocycles. The second kappa shape index (κ2) is 10.3. The van der Waals surface area contributed by atoms with Crippen molar-refractivity contribution in [1.29, 1.82) is 0 Å². The van der Waals surface area contributed by atoms with Crippen molar-refractivity contribution >= 4 is 45.0 Å². The summed E-state index contributed by atoms with van der Waals surface area (Å²) in [7, 11) is -4.38. The zero-order chi connectivity index (χ0) is 24.2. The molecule has 0 bridgehead atoms. The van der Waals surface area contributed by atoms with Crippen molar-refractivity contribution in [3.05, 3.63) is 69.7 Å². The van der Waals surface area contributed by atoms with Crippen LogP contribution >= 0.6 is 23.2 Å². The minimum absolute atomic E-state index is 0.122. The molecule has 3 rings (SSSR count). The maximum atomic E-state index is 13.4. The lowest BCUT2D eigenvalue weighted by atomic mass is 10.1. The van der Waals surface area contributed by atoms with E-state index in [2.05, 4.69) is 15.4 Å². The second-order valence-corrected chi connectivity index (χ2v) is 9.34. The molecule has 1 atom stereocenters. The van der Waals surface area contributed by atoms with Crippen LogP contribution in [0.15, 0.2) is 47.4 Å². The van der Waals surface area contributed by atoms with Gasteiger partial charge in [0.15, 0.2) is 11.6 Å². The molecule has 0 saturated carbocycles. The first-order valence-corrected chi connectivity index (χ1v) is 11.5.